The molecule has 13 heteroatoms. The number of carbonyl (C=O) groups excluding carboxylic acids is 5. The molecule has 0 atom stereocenters. The first kappa shape index (κ1) is 51.4. The normalized spacial score (nSPS) is 10.9. The van der Waals surface area contributed by atoms with Gasteiger partial charge in [-0.15, -0.1) is 0 Å². The second-order valence-corrected chi connectivity index (χ2v) is 14.9. The van der Waals surface area contributed by atoms with Crippen LogP contribution < -0.4 is 18.9 Å². The van der Waals surface area contributed by atoms with Crippen molar-refractivity contribution in [2.75, 3.05) is 52.7 Å². The molecule has 0 aromatic heterocycles. The minimum Gasteiger partial charge on any atom is -0.490 e. The van der Waals surface area contributed by atoms with Gasteiger partial charge in [-0.25, -0.2) is 9.59 Å². The number of Topliss-reactive ketones (excluding diaryl/α,β-unsaturated/α-hetero) is 1. The summed E-state index contributed by atoms with van der Waals surface area (Å²) in [7, 11) is 0. The summed E-state index contributed by atoms with van der Waals surface area (Å²) in [5.74, 6) is -1.32. The number of ketones is 1. The summed E-state index contributed by atoms with van der Waals surface area (Å²) in [6, 6.07) is 11.1. The zero-order valence-electron chi connectivity index (χ0n) is 36.5. The van der Waals surface area contributed by atoms with Gasteiger partial charge in [-0.3, -0.25) is 19.3 Å². The van der Waals surface area contributed by atoms with Gasteiger partial charge in [0.15, 0.2) is 23.0 Å². The average Bonchev–Trinajstić information content (AvgIpc) is 3.22. The Balaban J connectivity index is 1.62. The molecule has 0 bridgehead atoms. The lowest BCUT2D eigenvalue weighted by atomic mass is 10.1. The van der Waals surface area contributed by atoms with E-state index in [1.165, 1.54) is 0 Å². The topological polar surface area (TPSA) is 164 Å². The highest BCUT2D eigenvalue weighted by atomic mass is 16.6. The van der Waals surface area contributed by atoms with Crippen LogP contribution in [0.15, 0.2) is 48.6 Å². The van der Waals surface area contributed by atoms with Crippen molar-refractivity contribution in [1.29, 1.82) is 0 Å². The Morgan fingerprint density at radius 1 is 0.567 bits per heavy atom. The van der Waals surface area contributed by atoms with E-state index in [0.29, 0.717) is 74.9 Å². The van der Waals surface area contributed by atoms with Crippen LogP contribution in [0.4, 0.5) is 0 Å². The lowest BCUT2D eigenvalue weighted by molar-refractivity contribution is -0.146. The van der Waals surface area contributed by atoms with Gasteiger partial charge in [0, 0.05) is 32.1 Å². The first-order valence-electron chi connectivity index (χ1n) is 21.7. The van der Waals surface area contributed by atoms with Crippen molar-refractivity contribution < 1.29 is 57.5 Å². The van der Waals surface area contributed by atoms with Crippen LogP contribution in [0.3, 0.4) is 0 Å². The number of benzene rings is 2. The summed E-state index contributed by atoms with van der Waals surface area (Å²) in [6.07, 6.45) is 12.7. The minimum absolute atomic E-state index is 0.112. The van der Waals surface area contributed by atoms with Crippen LogP contribution >= 0.6 is 0 Å². The first-order valence-corrected chi connectivity index (χ1v) is 21.7. The van der Waals surface area contributed by atoms with Crippen LogP contribution in [0.2, 0.25) is 0 Å². The number of hydrogen-bond donors (Lipinski definition) is 1. The Bertz CT molecular complexity index is 1510. The molecule has 0 saturated carbocycles. The third-order valence-corrected chi connectivity index (χ3v) is 9.49. The van der Waals surface area contributed by atoms with Gasteiger partial charge in [0.05, 0.1) is 45.9 Å². The molecule has 1 N–H and O–H groups in total. The average molecular weight is 840 g/mol. The molecule has 2 aromatic rings. The van der Waals surface area contributed by atoms with Crippen molar-refractivity contribution in [3.8, 4) is 23.0 Å². The fourth-order valence-corrected chi connectivity index (χ4v) is 5.95. The molecule has 0 radical (unpaired) electrons. The molecule has 2 aromatic carbocycles. The fraction of sp³-hybridized carbons (Fsp3) is 0.596. The van der Waals surface area contributed by atoms with E-state index in [-0.39, 0.29) is 50.4 Å². The highest BCUT2D eigenvalue weighted by Crippen LogP contribution is 2.31. The third kappa shape index (κ3) is 22.6. The SMILES string of the molecule is C=C(C)C(=O)Oc1cc(CCCCC)ccc1OCCCCCOC(=O)CCN(CCO)CCC(=O)OCCCCCOc1ccc(CCCCC)cc1OC(=O)C(C)=O. The predicted octanol–water partition coefficient (Wildman–Crippen LogP) is 8.09. The van der Waals surface area contributed by atoms with Crippen LogP contribution in [0.1, 0.15) is 129 Å². The van der Waals surface area contributed by atoms with Gasteiger partial charge in [-0.2, -0.15) is 0 Å². The Hall–Kier alpha value is -4.75. The molecule has 334 valence electrons. The maximum atomic E-state index is 12.4. The zero-order valence-corrected chi connectivity index (χ0v) is 36.5. The number of aliphatic hydroxyl groups excluding tert-OH is 1. The van der Waals surface area contributed by atoms with Crippen LogP contribution in [0.5, 0.6) is 23.0 Å². The van der Waals surface area contributed by atoms with E-state index in [4.69, 9.17) is 28.4 Å². The molecule has 0 aliphatic carbocycles. The van der Waals surface area contributed by atoms with Gasteiger partial charge in [-0.1, -0.05) is 58.2 Å². The Kier molecular flexibility index (Phi) is 26.7. The number of hydrogen-bond acceptors (Lipinski definition) is 13. The number of ether oxygens (including phenoxy) is 6. The Morgan fingerprint density at radius 2 is 1.02 bits per heavy atom. The molecule has 0 spiro atoms. The van der Waals surface area contributed by atoms with Crippen LogP contribution in [-0.4, -0.2) is 92.3 Å². The first-order chi connectivity index (χ1) is 29.0. The van der Waals surface area contributed by atoms with Crippen molar-refractivity contribution in [1.82, 2.24) is 4.90 Å². The summed E-state index contributed by atoms with van der Waals surface area (Å²) < 4.78 is 33.4. The number of aliphatic hydroxyl groups is 1. The second kappa shape index (κ2) is 31.2. The quantitative estimate of drug-likeness (QED) is 0.0237. The molecule has 0 saturated heterocycles. The summed E-state index contributed by atoms with van der Waals surface area (Å²) in [5, 5.41) is 9.50. The van der Waals surface area contributed by atoms with E-state index in [2.05, 4.69) is 20.4 Å². The van der Waals surface area contributed by atoms with Crippen molar-refractivity contribution in [2.45, 2.75) is 130 Å². The number of carbonyl (C=O) groups is 5. The standard InChI is InChI=1S/C47H69NO12/c1-6-8-12-18-38-20-22-40(42(34-38)59-46(53)36(3)4)55-30-14-10-16-32-57-44(51)24-26-48(28-29-49)27-25-45(52)58-33-17-11-15-31-56-41-23-21-39(19-13-9-7-2)35-43(41)60-47(54)37(5)50/h20-23,34-35,49H,3,6-19,24-33H2,1-2,4-5H3. The minimum atomic E-state index is -0.937. The highest BCUT2D eigenvalue weighted by molar-refractivity contribution is 6.33. The summed E-state index contributed by atoms with van der Waals surface area (Å²) in [4.78, 5) is 62.3. The lowest BCUT2D eigenvalue weighted by Gasteiger charge is -2.20. The van der Waals surface area contributed by atoms with E-state index in [1.807, 2.05) is 29.2 Å². The second-order valence-electron chi connectivity index (χ2n) is 14.9. The van der Waals surface area contributed by atoms with Gasteiger partial charge < -0.3 is 33.5 Å². The highest BCUT2D eigenvalue weighted by Gasteiger charge is 2.17. The molecular formula is C47H69NO12. The number of rotatable bonds is 34. The van der Waals surface area contributed by atoms with Crippen molar-refractivity contribution in [3.05, 3.63) is 59.7 Å². The monoisotopic (exact) mass is 839 g/mol. The maximum absolute atomic E-state index is 12.4. The van der Waals surface area contributed by atoms with Gasteiger partial charge in [0.1, 0.15) is 0 Å². The molecule has 0 heterocycles. The molecular weight excluding hydrogens is 771 g/mol. The van der Waals surface area contributed by atoms with Crippen molar-refractivity contribution >= 4 is 29.7 Å². The van der Waals surface area contributed by atoms with Crippen molar-refractivity contribution in [2.24, 2.45) is 0 Å². The summed E-state index contributed by atoms with van der Waals surface area (Å²) >= 11 is 0. The van der Waals surface area contributed by atoms with E-state index in [1.54, 1.807) is 19.1 Å². The Morgan fingerprint density at radius 3 is 1.43 bits per heavy atom. The zero-order chi connectivity index (χ0) is 44.0. The van der Waals surface area contributed by atoms with E-state index in [0.717, 1.165) is 88.7 Å². The number of aryl methyl sites for hydroxylation is 2. The summed E-state index contributed by atoms with van der Waals surface area (Å²) in [6.45, 7) is 12.9. The van der Waals surface area contributed by atoms with Crippen LogP contribution in [0.25, 0.3) is 0 Å². The van der Waals surface area contributed by atoms with Crippen LogP contribution in [0, 0.1) is 0 Å². The lowest BCUT2D eigenvalue weighted by Crippen LogP contribution is -2.32. The van der Waals surface area contributed by atoms with E-state index >= 15 is 0 Å². The smallest absolute Gasteiger partial charge is 0.379 e. The number of nitrogens with zero attached hydrogens (tertiary/aromatic N) is 1. The number of unbranched alkanes of at least 4 members (excludes halogenated alkanes) is 8. The van der Waals surface area contributed by atoms with E-state index in [9.17, 15) is 29.1 Å². The molecule has 0 unspecified atom stereocenters. The summed E-state index contributed by atoms with van der Waals surface area (Å²) in [5.41, 5.74) is 2.40. The fourth-order valence-electron chi connectivity index (χ4n) is 5.95. The maximum Gasteiger partial charge on any atom is 0.379 e. The molecule has 0 aliphatic heterocycles. The molecule has 0 aliphatic rings. The molecule has 60 heavy (non-hydrogen) atoms. The van der Waals surface area contributed by atoms with Crippen LogP contribution in [-0.2, 0) is 46.3 Å². The number of esters is 4. The third-order valence-electron chi connectivity index (χ3n) is 9.49. The molecule has 0 fully saturated rings. The molecule has 2 rings (SSSR count). The Labute approximate surface area is 357 Å². The van der Waals surface area contributed by atoms with Gasteiger partial charge in [0.2, 0.25) is 5.78 Å². The van der Waals surface area contributed by atoms with E-state index < -0.39 is 17.7 Å². The molecule has 13 nitrogen and oxygen atoms in total. The predicted molar refractivity (Wildman–Crippen MR) is 229 cm³/mol. The van der Waals surface area contributed by atoms with Gasteiger partial charge in [0.25, 0.3) is 0 Å². The molecule has 0 amide bonds. The van der Waals surface area contributed by atoms with Gasteiger partial charge in [-0.05, 0) is 107 Å². The van der Waals surface area contributed by atoms with Gasteiger partial charge >= 0.3 is 23.9 Å². The van der Waals surface area contributed by atoms with Crippen molar-refractivity contribution in [3.63, 3.8) is 0 Å². The largest absolute Gasteiger partial charge is 0.490 e.